The summed E-state index contributed by atoms with van der Waals surface area (Å²) in [4.78, 5) is 11.5. The van der Waals surface area contributed by atoms with Gasteiger partial charge in [0.25, 0.3) is 0 Å². The predicted octanol–water partition coefficient (Wildman–Crippen LogP) is 4.99. The van der Waals surface area contributed by atoms with Crippen molar-refractivity contribution < 1.29 is 9.53 Å². The van der Waals surface area contributed by atoms with E-state index in [-0.39, 0.29) is 5.78 Å². The predicted molar refractivity (Wildman–Crippen MR) is 73.0 cm³/mol. The second-order valence-electron chi connectivity index (χ2n) is 3.73. The molecule has 0 aliphatic rings. The Labute approximate surface area is 115 Å². The van der Waals surface area contributed by atoms with Crippen LogP contribution in [0, 0.1) is 0 Å². The molecular weight excluding hydrogens is 271 g/mol. The number of halogens is 2. The number of Topliss-reactive ketones (excluding diaryl/α,β-unsaturated/α-hetero) is 1. The molecule has 0 bridgehead atoms. The maximum atomic E-state index is 11.5. The van der Waals surface area contributed by atoms with Crippen LogP contribution >= 0.6 is 23.2 Å². The molecule has 92 valence electrons. The first kappa shape index (κ1) is 12.9. The molecule has 0 spiro atoms. The van der Waals surface area contributed by atoms with Crippen molar-refractivity contribution in [3.63, 3.8) is 0 Å². The Morgan fingerprint density at radius 2 is 1.78 bits per heavy atom. The molecule has 0 saturated heterocycles. The van der Waals surface area contributed by atoms with Crippen molar-refractivity contribution in [2.75, 3.05) is 0 Å². The topological polar surface area (TPSA) is 26.3 Å². The number of hydrogen-bond donors (Lipinski definition) is 0. The number of ketones is 1. The molecule has 0 aromatic heterocycles. The molecule has 0 atom stereocenters. The van der Waals surface area contributed by atoms with Gasteiger partial charge in [-0.3, -0.25) is 4.79 Å². The smallest absolute Gasteiger partial charge is 0.163 e. The average molecular weight is 281 g/mol. The standard InChI is InChI=1S/C14H10Cl2O2/c1-9(17)11-8-10(15)6-7-13(11)18-14-5-3-2-4-12(14)16/h2-8H,1H3. The largest absolute Gasteiger partial charge is 0.455 e. The van der Waals surface area contributed by atoms with Crippen molar-refractivity contribution in [1.82, 2.24) is 0 Å². The Morgan fingerprint density at radius 3 is 2.44 bits per heavy atom. The Kier molecular flexibility index (Phi) is 3.90. The molecule has 2 aromatic carbocycles. The van der Waals surface area contributed by atoms with Crippen molar-refractivity contribution in [2.24, 2.45) is 0 Å². The molecule has 2 rings (SSSR count). The van der Waals surface area contributed by atoms with Gasteiger partial charge in [-0.25, -0.2) is 0 Å². The third kappa shape index (κ3) is 2.84. The van der Waals surface area contributed by atoms with Crippen LogP contribution in [0.15, 0.2) is 42.5 Å². The van der Waals surface area contributed by atoms with E-state index in [2.05, 4.69) is 0 Å². The number of carbonyl (C=O) groups excluding carboxylic acids is 1. The van der Waals surface area contributed by atoms with Gasteiger partial charge in [0.05, 0.1) is 10.6 Å². The molecule has 0 N–H and O–H groups in total. The van der Waals surface area contributed by atoms with E-state index in [4.69, 9.17) is 27.9 Å². The van der Waals surface area contributed by atoms with Gasteiger partial charge in [-0.2, -0.15) is 0 Å². The third-order valence-electron chi connectivity index (χ3n) is 2.38. The lowest BCUT2D eigenvalue weighted by molar-refractivity contribution is 0.101. The highest BCUT2D eigenvalue weighted by atomic mass is 35.5. The van der Waals surface area contributed by atoms with Gasteiger partial charge in [0.2, 0.25) is 0 Å². The summed E-state index contributed by atoms with van der Waals surface area (Å²) in [6, 6.07) is 12.0. The first-order chi connectivity index (χ1) is 8.58. The summed E-state index contributed by atoms with van der Waals surface area (Å²) >= 11 is 11.9. The van der Waals surface area contributed by atoms with E-state index in [9.17, 15) is 4.79 Å². The van der Waals surface area contributed by atoms with Crippen LogP contribution in [0.3, 0.4) is 0 Å². The van der Waals surface area contributed by atoms with Crippen molar-refractivity contribution >= 4 is 29.0 Å². The third-order valence-corrected chi connectivity index (χ3v) is 2.92. The molecule has 4 heteroatoms. The summed E-state index contributed by atoms with van der Waals surface area (Å²) < 4.78 is 5.65. The highest BCUT2D eigenvalue weighted by molar-refractivity contribution is 6.32. The van der Waals surface area contributed by atoms with Crippen molar-refractivity contribution in [3.05, 3.63) is 58.1 Å². The normalized spacial score (nSPS) is 10.2. The molecule has 2 nitrogen and oxygen atoms in total. The second kappa shape index (κ2) is 5.42. The molecule has 18 heavy (non-hydrogen) atoms. The Morgan fingerprint density at radius 1 is 1.06 bits per heavy atom. The Hall–Kier alpha value is -1.51. The van der Waals surface area contributed by atoms with E-state index in [1.54, 1.807) is 30.3 Å². The van der Waals surface area contributed by atoms with Crippen LogP contribution in [0.25, 0.3) is 0 Å². The quantitative estimate of drug-likeness (QED) is 0.741. The van der Waals surface area contributed by atoms with Gasteiger partial charge in [-0.05, 0) is 37.3 Å². The molecular formula is C14H10Cl2O2. The highest BCUT2D eigenvalue weighted by Crippen LogP contribution is 2.32. The number of ether oxygens (including phenoxy) is 1. The second-order valence-corrected chi connectivity index (χ2v) is 4.57. The summed E-state index contributed by atoms with van der Waals surface area (Å²) in [5.74, 6) is 0.837. The Bertz CT molecular complexity index is 594. The average Bonchev–Trinajstić information content (AvgIpc) is 2.34. The summed E-state index contributed by atoms with van der Waals surface area (Å²) in [6.07, 6.45) is 0. The summed E-state index contributed by atoms with van der Waals surface area (Å²) in [5, 5.41) is 0.980. The zero-order chi connectivity index (χ0) is 13.1. The van der Waals surface area contributed by atoms with Crippen molar-refractivity contribution in [2.45, 2.75) is 6.92 Å². The van der Waals surface area contributed by atoms with E-state index in [1.165, 1.54) is 6.92 Å². The van der Waals surface area contributed by atoms with Crippen LogP contribution in [0.5, 0.6) is 11.5 Å². The van der Waals surface area contributed by atoms with Crippen LogP contribution in [0.1, 0.15) is 17.3 Å². The van der Waals surface area contributed by atoms with Gasteiger partial charge >= 0.3 is 0 Å². The van der Waals surface area contributed by atoms with E-state index in [0.717, 1.165) is 0 Å². The minimum absolute atomic E-state index is 0.112. The fourth-order valence-electron chi connectivity index (χ4n) is 1.51. The first-order valence-electron chi connectivity index (χ1n) is 5.31. The monoisotopic (exact) mass is 280 g/mol. The highest BCUT2D eigenvalue weighted by Gasteiger charge is 2.11. The maximum Gasteiger partial charge on any atom is 0.163 e. The van der Waals surface area contributed by atoms with Crippen LogP contribution in [0.2, 0.25) is 10.0 Å². The SMILES string of the molecule is CC(=O)c1cc(Cl)ccc1Oc1ccccc1Cl. The molecule has 0 aliphatic carbocycles. The molecule has 0 amide bonds. The molecule has 0 fully saturated rings. The summed E-state index contributed by atoms with van der Waals surface area (Å²) in [6.45, 7) is 1.46. The van der Waals surface area contributed by atoms with E-state index in [0.29, 0.717) is 27.1 Å². The van der Waals surface area contributed by atoms with E-state index >= 15 is 0 Å². The fourth-order valence-corrected chi connectivity index (χ4v) is 1.86. The van der Waals surface area contributed by atoms with Gasteiger partial charge in [0.1, 0.15) is 11.5 Å². The number of hydrogen-bond acceptors (Lipinski definition) is 2. The zero-order valence-electron chi connectivity index (χ0n) is 9.61. The maximum absolute atomic E-state index is 11.5. The van der Waals surface area contributed by atoms with Crippen LogP contribution < -0.4 is 4.74 Å². The van der Waals surface area contributed by atoms with Crippen molar-refractivity contribution in [3.8, 4) is 11.5 Å². The molecule has 0 unspecified atom stereocenters. The molecule has 0 saturated carbocycles. The van der Waals surface area contributed by atoms with E-state index in [1.807, 2.05) is 12.1 Å². The van der Waals surface area contributed by atoms with Gasteiger partial charge in [0, 0.05) is 5.02 Å². The van der Waals surface area contributed by atoms with Crippen LogP contribution in [-0.4, -0.2) is 5.78 Å². The van der Waals surface area contributed by atoms with Crippen molar-refractivity contribution in [1.29, 1.82) is 0 Å². The number of carbonyl (C=O) groups is 1. The lowest BCUT2D eigenvalue weighted by Crippen LogP contribution is -1.97. The first-order valence-corrected chi connectivity index (χ1v) is 6.06. The van der Waals surface area contributed by atoms with Crippen LogP contribution in [0.4, 0.5) is 0 Å². The van der Waals surface area contributed by atoms with Crippen LogP contribution in [-0.2, 0) is 0 Å². The minimum atomic E-state index is -0.112. The molecule has 0 aliphatic heterocycles. The lowest BCUT2D eigenvalue weighted by Gasteiger charge is -2.10. The van der Waals surface area contributed by atoms with Gasteiger partial charge in [-0.1, -0.05) is 35.3 Å². The summed E-state index contributed by atoms with van der Waals surface area (Å²) in [5.41, 5.74) is 0.433. The summed E-state index contributed by atoms with van der Waals surface area (Å²) in [7, 11) is 0. The van der Waals surface area contributed by atoms with Gasteiger partial charge in [0.15, 0.2) is 5.78 Å². The van der Waals surface area contributed by atoms with Gasteiger partial charge in [-0.15, -0.1) is 0 Å². The number of benzene rings is 2. The molecule has 2 aromatic rings. The number of para-hydroxylation sites is 1. The molecule has 0 radical (unpaired) electrons. The van der Waals surface area contributed by atoms with Gasteiger partial charge < -0.3 is 4.74 Å². The minimum Gasteiger partial charge on any atom is -0.455 e. The fraction of sp³-hybridized carbons (Fsp3) is 0.0714. The number of rotatable bonds is 3. The zero-order valence-corrected chi connectivity index (χ0v) is 11.1. The van der Waals surface area contributed by atoms with E-state index < -0.39 is 0 Å². The molecule has 0 heterocycles. The lowest BCUT2D eigenvalue weighted by atomic mass is 10.1. The Balaban J connectivity index is 2.41.